The summed E-state index contributed by atoms with van der Waals surface area (Å²) in [6.45, 7) is 1.83. The van der Waals surface area contributed by atoms with Gasteiger partial charge in [0.05, 0.1) is 35.6 Å². The van der Waals surface area contributed by atoms with E-state index in [1.54, 1.807) is 6.92 Å². The maximum absolute atomic E-state index is 12.7. The normalized spacial score (nSPS) is 17.0. The molecule has 2 rings (SSSR count). The predicted molar refractivity (Wildman–Crippen MR) is 79.2 cm³/mol. The van der Waals surface area contributed by atoms with Crippen LogP contribution in [0.2, 0.25) is 0 Å². The van der Waals surface area contributed by atoms with Crippen LogP contribution < -0.4 is 0 Å². The second-order valence-electron chi connectivity index (χ2n) is 4.70. The van der Waals surface area contributed by atoms with Crippen LogP contribution in [-0.2, 0) is 27.0 Å². The third-order valence-electron chi connectivity index (χ3n) is 3.03. The Morgan fingerprint density at radius 1 is 1.43 bits per heavy atom. The summed E-state index contributed by atoms with van der Waals surface area (Å²) in [5, 5.41) is 0.380. The van der Waals surface area contributed by atoms with E-state index in [-0.39, 0.29) is 24.8 Å². The summed E-state index contributed by atoms with van der Waals surface area (Å²) in [5.74, 6) is -0.703. The molecule has 0 radical (unpaired) electrons. The topological polar surface area (TPSA) is 46.6 Å². The first kappa shape index (κ1) is 17.4. The molecule has 1 aliphatic heterocycles. The van der Waals surface area contributed by atoms with Gasteiger partial charge < -0.3 is 9.64 Å². The first-order valence-electron chi connectivity index (χ1n) is 6.79. The van der Waals surface area contributed by atoms with Gasteiger partial charge in [-0.2, -0.15) is 13.2 Å². The fraction of sp³-hybridized carbons (Fsp3) is 0.333. The van der Waals surface area contributed by atoms with Crippen LogP contribution in [-0.4, -0.2) is 29.1 Å². The molecular formula is C15H14F3NO3S. The molecule has 124 valence electrons. The summed E-state index contributed by atoms with van der Waals surface area (Å²) in [6.07, 6.45) is -3.25. The van der Waals surface area contributed by atoms with Crippen molar-refractivity contribution >= 4 is 23.6 Å². The highest BCUT2D eigenvalue weighted by Gasteiger charge is 2.31. The maximum atomic E-state index is 12.7. The van der Waals surface area contributed by atoms with Crippen LogP contribution in [0, 0.1) is 0 Å². The Morgan fingerprint density at radius 2 is 2.17 bits per heavy atom. The van der Waals surface area contributed by atoms with Crippen molar-refractivity contribution in [3.8, 4) is 0 Å². The van der Waals surface area contributed by atoms with Gasteiger partial charge in [-0.05, 0) is 24.6 Å². The highest BCUT2D eigenvalue weighted by Crippen LogP contribution is 2.33. The molecule has 1 aromatic rings. The number of nitrogens with zero attached hydrogens (tertiary/aromatic N) is 1. The van der Waals surface area contributed by atoms with Crippen molar-refractivity contribution in [2.75, 3.05) is 12.4 Å². The molecule has 0 aliphatic carbocycles. The minimum Gasteiger partial charge on any atom is -0.463 e. The lowest BCUT2D eigenvalue weighted by atomic mass is 10.1. The minimum atomic E-state index is -4.44. The molecule has 0 aromatic heterocycles. The van der Waals surface area contributed by atoms with Crippen molar-refractivity contribution in [2.24, 2.45) is 0 Å². The number of amides is 1. The van der Waals surface area contributed by atoms with Crippen LogP contribution in [0.15, 0.2) is 35.4 Å². The molecule has 1 fully saturated rings. The predicted octanol–water partition coefficient (Wildman–Crippen LogP) is 3.19. The zero-order valence-corrected chi connectivity index (χ0v) is 13.0. The molecule has 0 saturated carbocycles. The van der Waals surface area contributed by atoms with Gasteiger partial charge in [0.25, 0.3) is 0 Å². The molecule has 0 atom stereocenters. The molecule has 1 heterocycles. The first-order chi connectivity index (χ1) is 10.8. The standard InChI is InChI=1S/C15H14F3NO3S/c1-2-22-14(21)7-13-19(12(20)9-23-13)8-10-4-3-5-11(6-10)15(16,17)18/h3-7H,2,8-9H2,1H3. The third kappa shape index (κ3) is 4.51. The Balaban J connectivity index is 2.20. The molecule has 1 aromatic carbocycles. The molecule has 1 amide bonds. The van der Waals surface area contributed by atoms with Crippen LogP contribution >= 0.6 is 11.8 Å². The largest absolute Gasteiger partial charge is 0.463 e. The Labute approximate surface area is 135 Å². The highest BCUT2D eigenvalue weighted by molar-refractivity contribution is 8.04. The number of esters is 1. The first-order valence-corrected chi connectivity index (χ1v) is 7.77. The van der Waals surface area contributed by atoms with Crippen molar-refractivity contribution in [3.05, 3.63) is 46.5 Å². The number of benzene rings is 1. The Kier molecular flexibility index (Phi) is 5.35. The smallest absolute Gasteiger partial charge is 0.416 e. The zero-order valence-electron chi connectivity index (χ0n) is 12.2. The van der Waals surface area contributed by atoms with Gasteiger partial charge in [0.15, 0.2) is 0 Å². The van der Waals surface area contributed by atoms with E-state index in [1.807, 2.05) is 0 Å². The molecule has 23 heavy (non-hydrogen) atoms. The Morgan fingerprint density at radius 3 is 2.83 bits per heavy atom. The molecule has 4 nitrogen and oxygen atoms in total. The van der Waals surface area contributed by atoms with E-state index in [1.165, 1.54) is 23.1 Å². The second kappa shape index (κ2) is 7.08. The summed E-state index contributed by atoms with van der Waals surface area (Å²) in [7, 11) is 0. The zero-order chi connectivity index (χ0) is 17.0. The van der Waals surface area contributed by atoms with Gasteiger partial charge in [-0.25, -0.2) is 4.79 Å². The molecule has 8 heteroatoms. The third-order valence-corrected chi connectivity index (χ3v) is 4.06. The van der Waals surface area contributed by atoms with Crippen molar-refractivity contribution in [2.45, 2.75) is 19.6 Å². The van der Waals surface area contributed by atoms with Gasteiger partial charge in [0.2, 0.25) is 5.91 Å². The average Bonchev–Trinajstić information content (AvgIpc) is 2.80. The van der Waals surface area contributed by atoms with Crippen LogP contribution in [0.4, 0.5) is 13.2 Å². The van der Waals surface area contributed by atoms with Gasteiger partial charge in [0, 0.05) is 0 Å². The number of alkyl halides is 3. The quantitative estimate of drug-likeness (QED) is 0.621. The molecule has 1 saturated heterocycles. The monoisotopic (exact) mass is 345 g/mol. The highest BCUT2D eigenvalue weighted by atomic mass is 32.2. The van der Waals surface area contributed by atoms with E-state index in [0.717, 1.165) is 23.9 Å². The number of hydrogen-bond acceptors (Lipinski definition) is 4. The lowest BCUT2D eigenvalue weighted by molar-refractivity contribution is -0.138. The van der Waals surface area contributed by atoms with E-state index in [0.29, 0.717) is 10.6 Å². The number of carbonyl (C=O) groups is 2. The van der Waals surface area contributed by atoms with Crippen LogP contribution in [0.5, 0.6) is 0 Å². The molecule has 0 unspecified atom stereocenters. The average molecular weight is 345 g/mol. The van der Waals surface area contributed by atoms with E-state index >= 15 is 0 Å². The fourth-order valence-electron chi connectivity index (χ4n) is 2.01. The van der Waals surface area contributed by atoms with Crippen molar-refractivity contribution in [3.63, 3.8) is 0 Å². The number of ether oxygens (including phenoxy) is 1. The minimum absolute atomic E-state index is 0.0268. The van der Waals surface area contributed by atoms with Crippen LogP contribution in [0.3, 0.4) is 0 Å². The summed E-state index contributed by atoms with van der Waals surface area (Å²) in [6, 6.07) is 4.77. The Bertz CT molecular complexity index is 643. The van der Waals surface area contributed by atoms with E-state index in [9.17, 15) is 22.8 Å². The number of halogens is 3. The molecular weight excluding hydrogens is 331 g/mol. The van der Waals surface area contributed by atoms with E-state index in [2.05, 4.69) is 0 Å². The van der Waals surface area contributed by atoms with Gasteiger partial charge in [-0.15, -0.1) is 0 Å². The number of rotatable bonds is 4. The summed E-state index contributed by atoms with van der Waals surface area (Å²) in [5.41, 5.74) is -0.435. The van der Waals surface area contributed by atoms with E-state index < -0.39 is 17.7 Å². The number of carbonyl (C=O) groups excluding carboxylic acids is 2. The summed E-state index contributed by atoms with van der Waals surface area (Å²) >= 11 is 1.16. The fourth-order valence-corrected chi connectivity index (χ4v) is 2.94. The van der Waals surface area contributed by atoms with Gasteiger partial charge in [0.1, 0.15) is 0 Å². The van der Waals surface area contributed by atoms with Gasteiger partial charge in [-0.1, -0.05) is 23.9 Å². The maximum Gasteiger partial charge on any atom is 0.416 e. The van der Waals surface area contributed by atoms with Crippen LogP contribution in [0.1, 0.15) is 18.1 Å². The SMILES string of the molecule is CCOC(=O)C=C1SCC(=O)N1Cc1cccc(C(F)(F)F)c1. The second-order valence-corrected chi connectivity index (χ2v) is 5.70. The van der Waals surface area contributed by atoms with Crippen LogP contribution in [0.25, 0.3) is 0 Å². The number of thioether (sulfide) groups is 1. The van der Waals surface area contributed by atoms with E-state index in [4.69, 9.17) is 4.74 Å². The summed E-state index contributed by atoms with van der Waals surface area (Å²) in [4.78, 5) is 24.7. The van der Waals surface area contributed by atoms with Gasteiger partial charge in [-0.3, -0.25) is 4.79 Å². The van der Waals surface area contributed by atoms with Crippen molar-refractivity contribution in [1.82, 2.24) is 4.90 Å². The molecule has 0 spiro atoms. The number of hydrogen-bond donors (Lipinski definition) is 0. The van der Waals surface area contributed by atoms with Crippen molar-refractivity contribution in [1.29, 1.82) is 0 Å². The lowest BCUT2D eigenvalue weighted by Crippen LogP contribution is -2.24. The molecule has 0 N–H and O–H groups in total. The Hall–Kier alpha value is -1.96. The lowest BCUT2D eigenvalue weighted by Gasteiger charge is -2.18. The summed E-state index contributed by atoms with van der Waals surface area (Å²) < 4.78 is 43.0. The molecule has 1 aliphatic rings. The van der Waals surface area contributed by atoms with Gasteiger partial charge >= 0.3 is 12.1 Å². The van der Waals surface area contributed by atoms with Crippen molar-refractivity contribution < 1.29 is 27.5 Å². The molecule has 0 bridgehead atoms.